The number of carbonyl (C=O) groups is 1. The molecule has 2 aromatic carbocycles. The van der Waals surface area contributed by atoms with Crippen LogP contribution in [-0.4, -0.2) is 40.8 Å². The van der Waals surface area contributed by atoms with Gasteiger partial charge in [-0.15, -0.1) is 0 Å². The van der Waals surface area contributed by atoms with Crippen molar-refractivity contribution in [1.29, 1.82) is 0 Å². The van der Waals surface area contributed by atoms with Gasteiger partial charge in [-0.1, -0.05) is 30.3 Å². The number of aromatic nitrogens is 2. The molecule has 2 heterocycles. The minimum absolute atomic E-state index is 0.116. The van der Waals surface area contributed by atoms with E-state index < -0.39 is 0 Å². The Hall–Kier alpha value is -3.61. The van der Waals surface area contributed by atoms with Gasteiger partial charge in [0, 0.05) is 25.1 Å². The molecule has 1 atom stereocenters. The molecule has 1 amide bonds. The largest absolute Gasteiger partial charge is 0.490 e. The van der Waals surface area contributed by atoms with E-state index in [0.717, 1.165) is 17.5 Å². The monoisotopic (exact) mass is 419 g/mol. The zero-order valence-electron chi connectivity index (χ0n) is 17.7. The Morgan fingerprint density at radius 2 is 1.81 bits per heavy atom. The second-order valence-electron chi connectivity index (χ2n) is 7.52. The third kappa shape index (κ3) is 4.60. The number of fused-ring (bicyclic) bond motifs is 1. The highest BCUT2D eigenvalue weighted by atomic mass is 16.5. The van der Waals surface area contributed by atoms with Gasteiger partial charge >= 0.3 is 0 Å². The summed E-state index contributed by atoms with van der Waals surface area (Å²) in [5.74, 6) is 1.16. The van der Waals surface area contributed by atoms with E-state index in [0.29, 0.717) is 30.4 Å². The summed E-state index contributed by atoms with van der Waals surface area (Å²) < 4.78 is 12.6. The van der Waals surface area contributed by atoms with Crippen LogP contribution in [0.4, 0.5) is 0 Å². The zero-order valence-corrected chi connectivity index (χ0v) is 17.7. The molecule has 7 heteroatoms. The van der Waals surface area contributed by atoms with Gasteiger partial charge in [-0.2, -0.15) is 5.10 Å². The van der Waals surface area contributed by atoms with Gasteiger partial charge < -0.3 is 14.4 Å². The summed E-state index contributed by atoms with van der Waals surface area (Å²) >= 11 is 0. The van der Waals surface area contributed by atoms with Crippen LogP contribution in [0.2, 0.25) is 0 Å². The van der Waals surface area contributed by atoms with Crippen molar-refractivity contribution >= 4 is 5.91 Å². The van der Waals surface area contributed by atoms with Gasteiger partial charge in [0.25, 0.3) is 5.56 Å². The minimum Gasteiger partial charge on any atom is -0.490 e. The van der Waals surface area contributed by atoms with Gasteiger partial charge in [0.1, 0.15) is 6.54 Å². The topological polar surface area (TPSA) is 73.7 Å². The van der Waals surface area contributed by atoms with E-state index in [1.54, 1.807) is 18.0 Å². The standard InChI is InChI=1S/C24H25N3O4/c1-17(18-7-4-3-5-8-18)26(2)24(29)16-27-23(28)12-10-20(25-27)19-9-11-21-22(15-19)31-14-6-13-30-21/h3-5,7-12,15,17H,6,13-14,16H2,1-2H3. The smallest absolute Gasteiger partial charge is 0.267 e. The van der Waals surface area contributed by atoms with Crippen molar-refractivity contribution in [3.63, 3.8) is 0 Å². The summed E-state index contributed by atoms with van der Waals surface area (Å²) in [6.07, 6.45) is 0.824. The van der Waals surface area contributed by atoms with Crippen molar-refractivity contribution in [2.45, 2.75) is 25.9 Å². The number of amides is 1. The van der Waals surface area contributed by atoms with Crippen LogP contribution in [-0.2, 0) is 11.3 Å². The molecule has 0 saturated carbocycles. The average molecular weight is 419 g/mol. The number of carbonyl (C=O) groups excluding carboxylic acids is 1. The van der Waals surface area contributed by atoms with Gasteiger partial charge in [-0.3, -0.25) is 9.59 Å². The Bertz CT molecular complexity index is 1130. The van der Waals surface area contributed by atoms with Crippen molar-refractivity contribution in [3.8, 4) is 22.8 Å². The molecule has 0 fully saturated rings. The summed E-state index contributed by atoms with van der Waals surface area (Å²) in [7, 11) is 1.73. The molecule has 7 nitrogen and oxygen atoms in total. The van der Waals surface area contributed by atoms with Gasteiger partial charge in [-0.25, -0.2) is 4.68 Å². The third-order valence-electron chi connectivity index (χ3n) is 5.45. The summed E-state index contributed by atoms with van der Waals surface area (Å²) in [5.41, 5.74) is 2.07. The summed E-state index contributed by atoms with van der Waals surface area (Å²) in [4.78, 5) is 26.8. The van der Waals surface area contributed by atoms with Crippen LogP contribution in [0.5, 0.6) is 11.5 Å². The second kappa shape index (κ2) is 9.04. The van der Waals surface area contributed by atoms with Gasteiger partial charge in [0.05, 0.1) is 24.9 Å². The number of hydrogen-bond acceptors (Lipinski definition) is 5. The first-order chi connectivity index (χ1) is 15.0. The van der Waals surface area contributed by atoms with E-state index in [4.69, 9.17) is 9.47 Å². The molecule has 0 bridgehead atoms. The van der Waals surface area contributed by atoms with Gasteiger partial charge in [0.2, 0.25) is 5.91 Å². The molecule has 3 aromatic rings. The maximum Gasteiger partial charge on any atom is 0.267 e. The van der Waals surface area contributed by atoms with Crippen molar-refractivity contribution in [3.05, 3.63) is 76.6 Å². The number of rotatable bonds is 5. The molecule has 4 rings (SSSR count). The lowest BCUT2D eigenvalue weighted by atomic mass is 10.1. The molecule has 0 aliphatic carbocycles. The quantitative estimate of drug-likeness (QED) is 0.635. The first-order valence-electron chi connectivity index (χ1n) is 10.3. The molecule has 0 N–H and O–H groups in total. The first-order valence-corrected chi connectivity index (χ1v) is 10.3. The summed E-state index contributed by atoms with van der Waals surface area (Å²) in [6.45, 7) is 3.03. The molecule has 1 aromatic heterocycles. The summed E-state index contributed by atoms with van der Waals surface area (Å²) in [6, 6.07) is 18.3. The Balaban J connectivity index is 1.55. The Kier molecular flexibility index (Phi) is 6.02. The SMILES string of the molecule is CC(c1ccccc1)N(C)C(=O)Cn1nc(-c2ccc3c(c2)OCCCO3)ccc1=O. The van der Waals surface area contributed by atoms with Crippen molar-refractivity contribution in [2.24, 2.45) is 0 Å². The fourth-order valence-electron chi connectivity index (χ4n) is 3.45. The van der Waals surface area contributed by atoms with Crippen molar-refractivity contribution in [2.75, 3.05) is 20.3 Å². The maximum absolute atomic E-state index is 12.8. The molecule has 0 saturated heterocycles. The van der Waals surface area contributed by atoms with Crippen LogP contribution in [0.25, 0.3) is 11.3 Å². The highest BCUT2D eigenvalue weighted by Crippen LogP contribution is 2.33. The number of ether oxygens (including phenoxy) is 2. The third-order valence-corrected chi connectivity index (χ3v) is 5.45. The van der Waals surface area contributed by atoms with Crippen LogP contribution in [0.15, 0.2) is 65.5 Å². The predicted molar refractivity (Wildman–Crippen MR) is 117 cm³/mol. The van der Waals surface area contributed by atoms with Crippen LogP contribution in [0.1, 0.15) is 24.9 Å². The van der Waals surface area contributed by atoms with E-state index in [2.05, 4.69) is 5.10 Å². The molecule has 1 aliphatic heterocycles. The Morgan fingerprint density at radius 3 is 2.58 bits per heavy atom. The van der Waals surface area contributed by atoms with E-state index in [1.165, 1.54) is 10.7 Å². The number of hydrogen-bond donors (Lipinski definition) is 0. The van der Waals surface area contributed by atoms with Crippen LogP contribution in [0, 0.1) is 0 Å². The number of benzene rings is 2. The van der Waals surface area contributed by atoms with Crippen molar-refractivity contribution < 1.29 is 14.3 Å². The van der Waals surface area contributed by atoms with E-state index in [9.17, 15) is 9.59 Å². The Morgan fingerprint density at radius 1 is 1.06 bits per heavy atom. The van der Waals surface area contributed by atoms with Crippen LogP contribution < -0.4 is 15.0 Å². The molecule has 0 radical (unpaired) electrons. The second-order valence-corrected chi connectivity index (χ2v) is 7.52. The minimum atomic E-state index is -0.327. The molecular formula is C24H25N3O4. The molecule has 0 spiro atoms. The van der Waals surface area contributed by atoms with E-state index >= 15 is 0 Å². The molecular weight excluding hydrogens is 394 g/mol. The lowest BCUT2D eigenvalue weighted by molar-refractivity contribution is -0.132. The molecule has 1 aliphatic rings. The van der Waals surface area contributed by atoms with Gasteiger partial charge in [0.15, 0.2) is 11.5 Å². The molecule has 31 heavy (non-hydrogen) atoms. The molecule has 1 unspecified atom stereocenters. The number of likely N-dealkylation sites (N-methyl/N-ethyl adjacent to an activating group) is 1. The maximum atomic E-state index is 12.8. The fourth-order valence-corrected chi connectivity index (χ4v) is 3.45. The van der Waals surface area contributed by atoms with Crippen molar-refractivity contribution in [1.82, 2.24) is 14.7 Å². The normalized spacial score (nSPS) is 13.9. The first kappa shape index (κ1) is 20.7. The van der Waals surface area contributed by atoms with E-state index in [-0.39, 0.29) is 24.1 Å². The predicted octanol–water partition coefficient (Wildman–Crippen LogP) is 3.29. The lowest BCUT2D eigenvalue weighted by Gasteiger charge is -2.25. The average Bonchev–Trinajstić information content (AvgIpc) is 3.05. The fraction of sp³-hybridized carbons (Fsp3) is 0.292. The van der Waals surface area contributed by atoms with Crippen LogP contribution in [0.3, 0.4) is 0 Å². The van der Waals surface area contributed by atoms with Crippen LogP contribution >= 0.6 is 0 Å². The highest BCUT2D eigenvalue weighted by molar-refractivity contribution is 5.76. The Labute approximate surface area is 180 Å². The number of nitrogens with zero attached hydrogens (tertiary/aromatic N) is 3. The summed E-state index contributed by atoms with van der Waals surface area (Å²) in [5, 5.41) is 4.43. The van der Waals surface area contributed by atoms with Gasteiger partial charge in [-0.05, 0) is 36.8 Å². The highest BCUT2D eigenvalue weighted by Gasteiger charge is 2.19. The lowest BCUT2D eigenvalue weighted by Crippen LogP contribution is -2.36. The zero-order chi connectivity index (χ0) is 21.8. The molecule has 160 valence electrons. The van der Waals surface area contributed by atoms with E-state index in [1.807, 2.05) is 55.5 Å².